The summed E-state index contributed by atoms with van der Waals surface area (Å²) in [5.41, 5.74) is 2.37. The highest BCUT2D eigenvalue weighted by Crippen LogP contribution is 2.15. The molecule has 3 N–H and O–H groups in total. The summed E-state index contributed by atoms with van der Waals surface area (Å²) in [4.78, 5) is 12.3. The van der Waals surface area contributed by atoms with E-state index in [1.165, 1.54) is 0 Å². The Morgan fingerprint density at radius 1 is 1.21 bits per heavy atom. The van der Waals surface area contributed by atoms with Crippen molar-refractivity contribution < 1.29 is 14.6 Å². The highest BCUT2D eigenvalue weighted by molar-refractivity contribution is 6.04. The Kier molecular flexibility index (Phi) is 6.78. The van der Waals surface area contributed by atoms with Crippen molar-refractivity contribution in [2.75, 3.05) is 19.0 Å². The number of nitrogens with one attached hydrogen (secondary N) is 2. The summed E-state index contributed by atoms with van der Waals surface area (Å²) in [6.45, 7) is 2.79. The van der Waals surface area contributed by atoms with Crippen molar-refractivity contribution in [3.63, 3.8) is 0 Å². The van der Waals surface area contributed by atoms with Gasteiger partial charge in [-0.25, -0.2) is 0 Å². The molecule has 5 heteroatoms. The van der Waals surface area contributed by atoms with Gasteiger partial charge in [0, 0.05) is 23.8 Å². The Labute approximate surface area is 142 Å². The van der Waals surface area contributed by atoms with E-state index in [2.05, 4.69) is 10.6 Å². The number of carbonyl (C=O) groups is 1. The van der Waals surface area contributed by atoms with E-state index in [4.69, 9.17) is 4.74 Å². The highest BCUT2D eigenvalue weighted by atomic mass is 16.5. The largest absolute Gasteiger partial charge is 0.497 e. The molecule has 0 bridgehead atoms. The van der Waals surface area contributed by atoms with Crippen LogP contribution in [0.5, 0.6) is 5.75 Å². The zero-order valence-electron chi connectivity index (χ0n) is 14.1. The maximum atomic E-state index is 12.3. The molecule has 0 spiro atoms. The van der Waals surface area contributed by atoms with Gasteiger partial charge in [-0.1, -0.05) is 19.1 Å². The minimum absolute atomic E-state index is 0.0857. The Bertz CT molecular complexity index is 652. The van der Waals surface area contributed by atoms with Gasteiger partial charge in [0.15, 0.2) is 0 Å². The number of aliphatic hydroxyl groups is 1. The molecule has 0 aliphatic carbocycles. The molecule has 0 fully saturated rings. The molecule has 0 saturated carbocycles. The molecule has 0 saturated heterocycles. The van der Waals surface area contributed by atoms with E-state index >= 15 is 0 Å². The Hall–Kier alpha value is -2.37. The second-order valence-electron chi connectivity index (χ2n) is 5.55. The third kappa shape index (κ3) is 5.08. The summed E-state index contributed by atoms with van der Waals surface area (Å²) < 4.78 is 5.09. The molecular weight excluding hydrogens is 304 g/mol. The van der Waals surface area contributed by atoms with Crippen LogP contribution in [0.2, 0.25) is 0 Å². The molecule has 1 unspecified atom stereocenters. The molecule has 5 nitrogen and oxygen atoms in total. The highest BCUT2D eigenvalue weighted by Gasteiger charge is 2.07. The van der Waals surface area contributed by atoms with Crippen molar-refractivity contribution in [1.29, 1.82) is 0 Å². The molecular formula is C19H24N2O3. The lowest BCUT2D eigenvalue weighted by Crippen LogP contribution is -2.31. The standard InChI is InChI=1S/C19H24N2O3/c1-3-16(13-22)20-12-14-5-4-6-17(11-14)21-19(23)15-7-9-18(24-2)10-8-15/h4-11,16,20,22H,3,12-13H2,1-2H3,(H,21,23). The quantitative estimate of drug-likeness (QED) is 0.697. The van der Waals surface area contributed by atoms with E-state index in [0.29, 0.717) is 17.9 Å². The van der Waals surface area contributed by atoms with Gasteiger partial charge in [-0.2, -0.15) is 0 Å². The molecule has 0 radical (unpaired) electrons. The summed E-state index contributed by atoms with van der Waals surface area (Å²) in [6.07, 6.45) is 0.865. The Morgan fingerprint density at radius 2 is 1.96 bits per heavy atom. The first-order chi connectivity index (χ1) is 11.7. The van der Waals surface area contributed by atoms with Crippen molar-refractivity contribution in [3.05, 3.63) is 59.7 Å². The Morgan fingerprint density at radius 3 is 2.58 bits per heavy atom. The first-order valence-corrected chi connectivity index (χ1v) is 8.04. The molecule has 2 rings (SSSR count). The number of benzene rings is 2. The third-order valence-corrected chi connectivity index (χ3v) is 3.85. The fourth-order valence-corrected chi connectivity index (χ4v) is 2.30. The van der Waals surface area contributed by atoms with Crippen LogP contribution < -0.4 is 15.4 Å². The van der Waals surface area contributed by atoms with Gasteiger partial charge in [0.2, 0.25) is 0 Å². The molecule has 2 aromatic rings. The number of hydrogen-bond donors (Lipinski definition) is 3. The van der Waals surface area contributed by atoms with E-state index in [-0.39, 0.29) is 18.6 Å². The minimum atomic E-state index is -0.162. The number of aliphatic hydroxyl groups excluding tert-OH is 1. The second-order valence-corrected chi connectivity index (χ2v) is 5.55. The van der Waals surface area contributed by atoms with E-state index in [9.17, 15) is 9.90 Å². The average Bonchev–Trinajstić information content (AvgIpc) is 2.63. The van der Waals surface area contributed by atoms with Crippen LogP contribution in [0.1, 0.15) is 29.3 Å². The van der Waals surface area contributed by atoms with Gasteiger partial charge >= 0.3 is 0 Å². The summed E-state index contributed by atoms with van der Waals surface area (Å²) in [5, 5.41) is 15.4. The third-order valence-electron chi connectivity index (χ3n) is 3.85. The molecule has 0 aromatic heterocycles. The predicted octanol–water partition coefficient (Wildman–Crippen LogP) is 2.81. The van der Waals surface area contributed by atoms with E-state index < -0.39 is 0 Å². The zero-order valence-corrected chi connectivity index (χ0v) is 14.1. The van der Waals surface area contributed by atoms with E-state index in [1.54, 1.807) is 31.4 Å². The summed E-state index contributed by atoms with van der Waals surface area (Å²) >= 11 is 0. The Balaban J connectivity index is 1.98. The van der Waals surface area contributed by atoms with Crippen LogP contribution in [0.15, 0.2) is 48.5 Å². The summed E-state index contributed by atoms with van der Waals surface area (Å²) in [6, 6.07) is 14.7. The molecule has 1 amide bonds. The van der Waals surface area contributed by atoms with Crippen molar-refractivity contribution in [3.8, 4) is 5.75 Å². The number of carbonyl (C=O) groups excluding carboxylic acids is 1. The molecule has 0 heterocycles. The van der Waals surface area contributed by atoms with Gasteiger partial charge in [-0.15, -0.1) is 0 Å². The lowest BCUT2D eigenvalue weighted by molar-refractivity contribution is 0.102. The monoisotopic (exact) mass is 328 g/mol. The first-order valence-electron chi connectivity index (χ1n) is 8.04. The molecule has 128 valence electrons. The zero-order chi connectivity index (χ0) is 17.4. The maximum Gasteiger partial charge on any atom is 0.255 e. The topological polar surface area (TPSA) is 70.6 Å². The predicted molar refractivity (Wildman–Crippen MR) is 95.4 cm³/mol. The fourth-order valence-electron chi connectivity index (χ4n) is 2.30. The van der Waals surface area contributed by atoms with Crippen molar-refractivity contribution in [1.82, 2.24) is 5.32 Å². The van der Waals surface area contributed by atoms with Gasteiger partial charge in [0.25, 0.3) is 5.91 Å². The van der Waals surface area contributed by atoms with Crippen LogP contribution in [0.4, 0.5) is 5.69 Å². The van der Waals surface area contributed by atoms with Crippen LogP contribution in [0, 0.1) is 0 Å². The molecule has 24 heavy (non-hydrogen) atoms. The number of ether oxygens (including phenoxy) is 1. The molecule has 0 aliphatic heterocycles. The van der Waals surface area contributed by atoms with Gasteiger partial charge < -0.3 is 20.5 Å². The SMILES string of the molecule is CCC(CO)NCc1cccc(NC(=O)c2ccc(OC)cc2)c1. The fraction of sp³-hybridized carbons (Fsp3) is 0.316. The molecule has 0 aliphatic rings. The van der Waals surface area contributed by atoms with Gasteiger partial charge in [-0.05, 0) is 48.4 Å². The van der Waals surface area contributed by atoms with E-state index in [1.807, 2.05) is 31.2 Å². The van der Waals surface area contributed by atoms with Gasteiger partial charge in [0.1, 0.15) is 5.75 Å². The van der Waals surface area contributed by atoms with Crippen molar-refractivity contribution in [2.24, 2.45) is 0 Å². The summed E-state index contributed by atoms with van der Waals surface area (Å²) in [7, 11) is 1.59. The lowest BCUT2D eigenvalue weighted by atomic mass is 10.1. The molecule has 1 atom stereocenters. The van der Waals surface area contributed by atoms with E-state index in [0.717, 1.165) is 17.7 Å². The number of rotatable bonds is 8. The summed E-state index contributed by atoms with van der Waals surface area (Å²) in [5.74, 6) is 0.554. The number of anilines is 1. The number of hydrogen-bond acceptors (Lipinski definition) is 4. The first kappa shape index (κ1) is 18.0. The van der Waals surface area contributed by atoms with Crippen LogP contribution in [-0.4, -0.2) is 30.8 Å². The number of amides is 1. The van der Waals surface area contributed by atoms with Crippen molar-refractivity contribution >= 4 is 11.6 Å². The van der Waals surface area contributed by atoms with Crippen molar-refractivity contribution in [2.45, 2.75) is 25.9 Å². The van der Waals surface area contributed by atoms with Crippen LogP contribution in [-0.2, 0) is 6.54 Å². The smallest absolute Gasteiger partial charge is 0.255 e. The normalized spacial score (nSPS) is 11.8. The average molecular weight is 328 g/mol. The minimum Gasteiger partial charge on any atom is -0.497 e. The van der Waals surface area contributed by atoms with Gasteiger partial charge in [-0.3, -0.25) is 4.79 Å². The number of methoxy groups -OCH3 is 1. The van der Waals surface area contributed by atoms with Gasteiger partial charge in [0.05, 0.1) is 13.7 Å². The second kappa shape index (κ2) is 9.05. The maximum absolute atomic E-state index is 12.3. The molecule has 2 aromatic carbocycles. The van der Waals surface area contributed by atoms with Crippen LogP contribution in [0.3, 0.4) is 0 Å². The lowest BCUT2D eigenvalue weighted by Gasteiger charge is -2.14. The van der Waals surface area contributed by atoms with Crippen LogP contribution in [0.25, 0.3) is 0 Å². The van der Waals surface area contributed by atoms with Crippen LogP contribution >= 0.6 is 0 Å².